The zero-order valence-corrected chi connectivity index (χ0v) is 17.8. The van der Waals surface area contributed by atoms with E-state index in [4.69, 9.17) is 0 Å². The van der Waals surface area contributed by atoms with Crippen LogP contribution in [-0.2, 0) is 13.1 Å². The first-order valence-corrected chi connectivity index (χ1v) is 11.1. The summed E-state index contributed by atoms with van der Waals surface area (Å²) in [4.78, 5) is 36.8. The summed E-state index contributed by atoms with van der Waals surface area (Å²) in [6.45, 7) is 1.76. The third kappa shape index (κ3) is 3.58. The fourth-order valence-electron chi connectivity index (χ4n) is 4.97. The van der Waals surface area contributed by atoms with Gasteiger partial charge in [0.2, 0.25) is 0 Å². The van der Waals surface area contributed by atoms with Gasteiger partial charge in [0.15, 0.2) is 0 Å². The number of hydrogen-bond donors (Lipinski definition) is 3. The Morgan fingerprint density at radius 1 is 1.24 bits per heavy atom. The molecule has 0 aromatic carbocycles. The molecule has 3 unspecified atom stereocenters. The van der Waals surface area contributed by atoms with Crippen LogP contribution in [0.3, 0.4) is 0 Å². The summed E-state index contributed by atoms with van der Waals surface area (Å²) in [7, 11) is 0. The van der Waals surface area contributed by atoms with Crippen LogP contribution in [0.15, 0.2) is 53.6 Å². The van der Waals surface area contributed by atoms with Gasteiger partial charge in [-0.25, -0.2) is 9.37 Å². The number of alkyl halides is 1. The lowest BCUT2D eigenvalue weighted by molar-refractivity contribution is 0.0945. The van der Waals surface area contributed by atoms with Gasteiger partial charge < -0.3 is 15.6 Å². The molecule has 6 rings (SSSR count). The van der Waals surface area contributed by atoms with Crippen molar-refractivity contribution in [3.05, 3.63) is 76.2 Å². The molecular weight excluding hydrogens is 423 g/mol. The second-order valence-electron chi connectivity index (χ2n) is 9.15. The van der Waals surface area contributed by atoms with Gasteiger partial charge >= 0.3 is 0 Å². The number of halogens is 1. The van der Waals surface area contributed by atoms with Gasteiger partial charge in [-0.2, -0.15) is 0 Å². The topological polar surface area (TPSA) is 104 Å². The molecule has 9 heteroatoms. The molecule has 8 nitrogen and oxygen atoms in total. The Kier molecular flexibility index (Phi) is 4.55. The van der Waals surface area contributed by atoms with Crippen molar-refractivity contribution in [1.29, 1.82) is 0 Å². The molecule has 3 N–H and O–H groups in total. The van der Waals surface area contributed by atoms with Gasteiger partial charge in [-0.1, -0.05) is 6.07 Å². The SMILES string of the molecule is O=C(NCc1cc2[nH]c(CNCC34CC(F)C3C4)cc2cn1)c1cc(=O)n2ccccc2n1. The highest BCUT2D eigenvalue weighted by atomic mass is 19.1. The van der Waals surface area contributed by atoms with Crippen LogP contribution in [0.5, 0.6) is 0 Å². The number of pyridine rings is 2. The highest BCUT2D eigenvalue weighted by Gasteiger charge is 2.67. The van der Waals surface area contributed by atoms with Crippen LogP contribution in [0.4, 0.5) is 4.39 Å². The van der Waals surface area contributed by atoms with Crippen LogP contribution in [-0.4, -0.2) is 38.0 Å². The van der Waals surface area contributed by atoms with Crippen LogP contribution in [0.2, 0.25) is 0 Å². The first kappa shape index (κ1) is 20.0. The smallest absolute Gasteiger partial charge is 0.270 e. The maximum Gasteiger partial charge on any atom is 0.270 e. The molecule has 2 fully saturated rings. The molecule has 1 amide bonds. The van der Waals surface area contributed by atoms with E-state index in [9.17, 15) is 14.0 Å². The van der Waals surface area contributed by atoms with Crippen molar-refractivity contribution in [2.75, 3.05) is 6.54 Å². The Balaban J connectivity index is 1.09. The second kappa shape index (κ2) is 7.48. The van der Waals surface area contributed by atoms with Gasteiger partial charge in [0.05, 0.1) is 12.2 Å². The van der Waals surface area contributed by atoms with Crippen LogP contribution < -0.4 is 16.2 Å². The average molecular weight is 446 g/mol. The molecule has 0 spiro atoms. The molecule has 4 aromatic heterocycles. The number of carbonyl (C=O) groups excluding carboxylic acids is 1. The van der Waals surface area contributed by atoms with Crippen molar-refractivity contribution in [1.82, 2.24) is 30.0 Å². The van der Waals surface area contributed by atoms with E-state index in [-0.39, 0.29) is 29.1 Å². The van der Waals surface area contributed by atoms with Crippen molar-refractivity contribution in [3.63, 3.8) is 0 Å². The molecule has 2 saturated carbocycles. The summed E-state index contributed by atoms with van der Waals surface area (Å²) in [5.74, 6) is -0.153. The quantitative estimate of drug-likeness (QED) is 0.404. The van der Waals surface area contributed by atoms with E-state index in [1.54, 1.807) is 30.6 Å². The van der Waals surface area contributed by atoms with Crippen LogP contribution in [0, 0.1) is 11.3 Å². The number of H-pyrrole nitrogens is 1. The summed E-state index contributed by atoms with van der Waals surface area (Å²) < 4.78 is 14.7. The van der Waals surface area contributed by atoms with E-state index >= 15 is 0 Å². The minimum Gasteiger partial charge on any atom is -0.357 e. The molecule has 0 aliphatic heterocycles. The largest absolute Gasteiger partial charge is 0.357 e. The summed E-state index contributed by atoms with van der Waals surface area (Å²) in [6.07, 6.45) is 4.49. The lowest BCUT2D eigenvalue weighted by atomic mass is 9.83. The maximum atomic E-state index is 13.3. The zero-order valence-electron chi connectivity index (χ0n) is 17.8. The van der Waals surface area contributed by atoms with Gasteiger partial charge in [-0.3, -0.25) is 19.0 Å². The molecule has 4 heterocycles. The van der Waals surface area contributed by atoms with Crippen molar-refractivity contribution < 1.29 is 9.18 Å². The lowest BCUT2D eigenvalue weighted by Gasteiger charge is -2.29. The Morgan fingerprint density at radius 2 is 2.15 bits per heavy atom. The first-order valence-electron chi connectivity index (χ1n) is 11.1. The predicted molar refractivity (Wildman–Crippen MR) is 120 cm³/mol. The van der Waals surface area contributed by atoms with Crippen molar-refractivity contribution in [2.45, 2.75) is 32.1 Å². The Morgan fingerprint density at radius 3 is 2.97 bits per heavy atom. The van der Waals surface area contributed by atoms with Crippen LogP contribution in [0.1, 0.15) is 34.7 Å². The fraction of sp³-hybridized carbons (Fsp3) is 0.333. The number of nitrogens with one attached hydrogen (secondary N) is 3. The minimum absolute atomic E-state index is 0.0726. The van der Waals surface area contributed by atoms with Crippen molar-refractivity contribution in [2.24, 2.45) is 11.3 Å². The van der Waals surface area contributed by atoms with E-state index in [2.05, 4.69) is 25.6 Å². The molecule has 33 heavy (non-hydrogen) atoms. The van der Waals surface area contributed by atoms with E-state index in [1.807, 2.05) is 12.1 Å². The molecular formula is C24H23FN6O2. The second-order valence-corrected chi connectivity index (χ2v) is 9.15. The van der Waals surface area contributed by atoms with Crippen molar-refractivity contribution >= 4 is 22.5 Å². The van der Waals surface area contributed by atoms with Crippen LogP contribution in [0.25, 0.3) is 16.6 Å². The lowest BCUT2D eigenvalue weighted by Crippen LogP contribution is -2.36. The standard InChI is InChI=1S/C24H23FN6O2/c25-18-9-24(8-17(18)24)13-26-11-16-5-14-10-27-15(6-19(14)29-16)12-28-23(33)20-7-22(32)31-4-2-1-3-21(31)30-20/h1-7,10,17-18,26,29H,8-9,11-13H2,(H,28,33). The third-order valence-corrected chi connectivity index (χ3v) is 6.93. The predicted octanol–water partition coefficient (Wildman–Crippen LogP) is 2.34. The summed E-state index contributed by atoms with van der Waals surface area (Å²) >= 11 is 0. The Hall–Kier alpha value is -3.59. The highest BCUT2D eigenvalue weighted by molar-refractivity contribution is 5.92. The fourth-order valence-corrected chi connectivity index (χ4v) is 4.97. The molecule has 0 saturated heterocycles. The van der Waals surface area contributed by atoms with E-state index in [0.717, 1.165) is 29.6 Å². The van der Waals surface area contributed by atoms with Gasteiger partial charge in [0.1, 0.15) is 17.5 Å². The summed E-state index contributed by atoms with van der Waals surface area (Å²) in [5.41, 5.74) is 3.06. The normalized spacial score (nSPS) is 23.3. The number of hydrogen-bond acceptors (Lipinski definition) is 5. The molecule has 168 valence electrons. The third-order valence-electron chi connectivity index (χ3n) is 6.93. The number of amides is 1. The van der Waals surface area contributed by atoms with Gasteiger partial charge in [0.25, 0.3) is 11.5 Å². The highest BCUT2D eigenvalue weighted by Crippen LogP contribution is 2.68. The summed E-state index contributed by atoms with van der Waals surface area (Å²) in [5, 5.41) is 7.22. The number of aromatic nitrogens is 4. The Bertz CT molecular complexity index is 1450. The molecule has 3 atom stereocenters. The monoisotopic (exact) mass is 446 g/mol. The minimum atomic E-state index is -0.594. The van der Waals surface area contributed by atoms with E-state index in [0.29, 0.717) is 24.3 Å². The average Bonchev–Trinajstić information content (AvgIpc) is 3.21. The van der Waals surface area contributed by atoms with E-state index < -0.39 is 12.1 Å². The zero-order chi connectivity index (χ0) is 22.6. The number of fused-ring (bicyclic) bond motifs is 3. The maximum absolute atomic E-state index is 13.3. The number of aromatic amines is 1. The summed E-state index contributed by atoms with van der Waals surface area (Å²) in [6, 6.07) is 10.3. The molecule has 2 aliphatic rings. The molecule has 0 radical (unpaired) electrons. The van der Waals surface area contributed by atoms with Gasteiger partial charge in [-0.05, 0) is 48.4 Å². The first-order chi connectivity index (χ1) is 16.0. The number of nitrogens with zero attached hydrogens (tertiary/aromatic N) is 3. The molecule has 4 aromatic rings. The number of rotatable bonds is 7. The number of carbonyl (C=O) groups is 1. The van der Waals surface area contributed by atoms with Crippen molar-refractivity contribution in [3.8, 4) is 0 Å². The molecule has 2 aliphatic carbocycles. The molecule has 0 bridgehead atoms. The van der Waals surface area contributed by atoms with Gasteiger partial charge in [0, 0.05) is 48.1 Å². The van der Waals surface area contributed by atoms with Crippen LogP contribution >= 0.6 is 0 Å². The van der Waals surface area contributed by atoms with Gasteiger partial charge in [-0.15, -0.1) is 0 Å². The van der Waals surface area contributed by atoms with E-state index in [1.165, 1.54) is 10.5 Å². The Labute approximate surface area is 188 Å².